The molecule has 0 spiro atoms. The summed E-state index contributed by atoms with van der Waals surface area (Å²) in [5.74, 6) is 0. The quantitative estimate of drug-likeness (QED) is 0.925. The fourth-order valence-corrected chi connectivity index (χ4v) is 2.83. The summed E-state index contributed by atoms with van der Waals surface area (Å²) in [6.45, 7) is 7.78. The molecule has 1 aliphatic heterocycles. The summed E-state index contributed by atoms with van der Waals surface area (Å²) in [6, 6.07) is 19.4. The largest absolute Gasteiger partial charge is 0.314 e. The summed E-state index contributed by atoms with van der Waals surface area (Å²) in [5, 5.41) is 3.39. The third-order valence-electron chi connectivity index (χ3n) is 4.31. The van der Waals surface area contributed by atoms with E-state index < -0.39 is 0 Å². The topological polar surface area (TPSA) is 15.3 Å². The molecule has 0 aromatic heterocycles. The second kappa shape index (κ2) is 7.39. The van der Waals surface area contributed by atoms with Gasteiger partial charge in [-0.05, 0) is 29.2 Å². The molecule has 3 rings (SSSR count). The molecule has 2 nitrogen and oxygen atoms in total. The van der Waals surface area contributed by atoms with Crippen LogP contribution in [0.5, 0.6) is 0 Å². The molecule has 0 atom stereocenters. The second-order valence-electron chi connectivity index (χ2n) is 5.88. The molecule has 2 aromatic rings. The predicted octanol–water partition coefficient (Wildman–Crippen LogP) is 3.66. The van der Waals surface area contributed by atoms with Crippen LogP contribution < -0.4 is 5.32 Å². The van der Waals surface area contributed by atoms with Crippen molar-refractivity contribution in [1.82, 2.24) is 10.2 Å². The lowest BCUT2D eigenvalue weighted by atomic mass is 10.0. The zero-order chi connectivity index (χ0) is 15.2. The van der Waals surface area contributed by atoms with Gasteiger partial charge in [-0.25, -0.2) is 0 Å². The lowest BCUT2D eigenvalue weighted by Gasteiger charge is -2.26. The molecule has 1 N–H and O–H groups in total. The molecule has 114 valence electrons. The highest BCUT2D eigenvalue weighted by Crippen LogP contribution is 2.22. The van der Waals surface area contributed by atoms with E-state index in [4.69, 9.17) is 0 Å². The van der Waals surface area contributed by atoms with Gasteiger partial charge in [0.15, 0.2) is 0 Å². The smallest absolute Gasteiger partial charge is 0.0170 e. The van der Waals surface area contributed by atoms with Gasteiger partial charge in [0.25, 0.3) is 0 Å². The lowest BCUT2D eigenvalue weighted by Crippen LogP contribution is -2.43. The van der Waals surface area contributed by atoms with E-state index >= 15 is 0 Å². The highest BCUT2D eigenvalue weighted by Gasteiger charge is 2.07. The standard InChI is InChI=1S/C20H24N2/c1-17(11-14-22-15-12-21-13-16-22)18-7-9-20(10-8-18)19-5-3-2-4-6-19/h2-11,21H,12-16H2,1H3. The minimum atomic E-state index is 1.05. The van der Waals surface area contributed by atoms with Gasteiger partial charge in [-0.15, -0.1) is 0 Å². The highest BCUT2D eigenvalue weighted by atomic mass is 15.2. The van der Waals surface area contributed by atoms with Crippen molar-refractivity contribution in [3.63, 3.8) is 0 Å². The minimum absolute atomic E-state index is 1.05. The molecule has 22 heavy (non-hydrogen) atoms. The van der Waals surface area contributed by atoms with Gasteiger partial charge in [0.1, 0.15) is 0 Å². The molecule has 0 amide bonds. The number of nitrogens with one attached hydrogen (secondary N) is 1. The van der Waals surface area contributed by atoms with Crippen LogP contribution in [-0.4, -0.2) is 37.6 Å². The summed E-state index contributed by atoms with van der Waals surface area (Å²) < 4.78 is 0. The normalized spacial score (nSPS) is 16.7. The van der Waals surface area contributed by atoms with Crippen LogP contribution in [0.25, 0.3) is 16.7 Å². The maximum Gasteiger partial charge on any atom is 0.0170 e. The minimum Gasteiger partial charge on any atom is -0.314 e. The predicted molar refractivity (Wildman–Crippen MR) is 94.8 cm³/mol. The molecule has 0 bridgehead atoms. The molecule has 1 heterocycles. The molecule has 1 saturated heterocycles. The first kappa shape index (κ1) is 15.0. The molecule has 1 aliphatic rings. The Labute approximate surface area is 133 Å². The first-order chi connectivity index (χ1) is 10.8. The average Bonchev–Trinajstić information content (AvgIpc) is 2.61. The van der Waals surface area contributed by atoms with E-state index in [0.717, 1.165) is 32.7 Å². The Bertz CT molecular complexity index is 608. The summed E-state index contributed by atoms with van der Waals surface area (Å²) in [7, 11) is 0. The number of rotatable bonds is 4. The molecule has 2 aromatic carbocycles. The summed E-state index contributed by atoms with van der Waals surface area (Å²) >= 11 is 0. The Morgan fingerprint density at radius 2 is 1.59 bits per heavy atom. The van der Waals surface area contributed by atoms with E-state index in [0.29, 0.717) is 0 Å². The van der Waals surface area contributed by atoms with Crippen molar-refractivity contribution in [3.05, 3.63) is 66.2 Å². The molecule has 1 fully saturated rings. The highest BCUT2D eigenvalue weighted by molar-refractivity contribution is 5.69. The molecular weight excluding hydrogens is 268 g/mol. The van der Waals surface area contributed by atoms with Gasteiger partial charge in [0.2, 0.25) is 0 Å². The van der Waals surface area contributed by atoms with E-state index in [1.165, 1.54) is 22.3 Å². The van der Waals surface area contributed by atoms with Crippen molar-refractivity contribution in [2.75, 3.05) is 32.7 Å². The third kappa shape index (κ3) is 3.85. The van der Waals surface area contributed by atoms with E-state index in [1.807, 2.05) is 0 Å². The van der Waals surface area contributed by atoms with Crippen LogP contribution in [0.4, 0.5) is 0 Å². The van der Waals surface area contributed by atoms with Crippen molar-refractivity contribution in [1.29, 1.82) is 0 Å². The van der Waals surface area contributed by atoms with Crippen LogP contribution in [0.15, 0.2) is 60.7 Å². The van der Waals surface area contributed by atoms with E-state index in [-0.39, 0.29) is 0 Å². The SMILES string of the molecule is CC(=CCN1CCNCC1)c1ccc(-c2ccccc2)cc1. The van der Waals surface area contributed by atoms with E-state index in [9.17, 15) is 0 Å². The van der Waals surface area contributed by atoms with Gasteiger partial charge >= 0.3 is 0 Å². The Morgan fingerprint density at radius 1 is 0.955 bits per heavy atom. The van der Waals surface area contributed by atoms with Gasteiger partial charge in [0, 0.05) is 32.7 Å². The van der Waals surface area contributed by atoms with Gasteiger partial charge in [-0.3, -0.25) is 4.90 Å². The van der Waals surface area contributed by atoms with Gasteiger partial charge in [-0.2, -0.15) is 0 Å². The monoisotopic (exact) mass is 292 g/mol. The van der Waals surface area contributed by atoms with Crippen molar-refractivity contribution < 1.29 is 0 Å². The van der Waals surface area contributed by atoms with Crippen LogP contribution in [0.2, 0.25) is 0 Å². The number of hydrogen-bond acceptors (Lipinski definition) is 2. The molecule has 0 saturated carbocycles. The Balaban J connectivity index is 1.66. The van der Waals surface area contributed by atoms with Gasteiger partial charge in [0.05, 0.1) is 0 Å². The van der Waals surface area contributed by atoms with E-state index in [1.54, 1.807) is 0 Å². The molecular formula is C20H24N2. The second-order valence-corrected chi connectivity index (χ2v) is 5.88. The van der Waals surface area contributed by atoms with Crippen LogP contribution >= 0.6 is 0 Å². The van der Waals surface area contributed by atoms with Crippen molar-refractivity contribution in [2.24, 2.45) is 0 Å². The summed E-state index contributed by atoms with van der Waals surface area (Å²) in [4.78, 5) is 2.50. The van der Waals surface area contributed by atoms with Crippen LogP contribution in [0, 0.1) is 0 Å². The Kier molecular flexibility index (Phi) is 5.04. The number of piperazine rings is 1. The summed E-state index contributed by atoms with van der Waals surface area (Å²) in [5.41, 5.74) is 5.23. The number of benzene rings is 2. The first-order valence-electron chi connectivity index (χ1n) is 8.08. The molecule has 0 aliphatic carbocycles. The van der Waals surface area contributed by atoms with Crippen LogP contribution in [0.3, 0.4) is 0 Å². The number of allylic oxidation sites excluding steroid dienone is 1. The Hall–Kier alpha value is -1.90. The lowest BCUT2D eigenvalue weighted by molar-refractivity contribution is 0.265. The maximum atomic E-state index is 3.39. The third-order valence-corrected chi connectivity index (χ3v) is 4.31. The molecule has 0 radical (unpaired) electrons. The molecule has 0 unspecified atom stereocenters. The zero-order valence-electron chi connectivity index (χ0n) is 13.3. The van der Waals surface area contributed by atoms with Crippen molar-refractivity contribution >= 4 is 5.57 Å². The number of nitrogens with zero attached hydrogens (tertiary/aromatic N) is 1. The maximum absolute atomic E-state index is 3.39. The van der Waals surface area contributed by atoms with E-state index in [2.05, 4.69) is 77.8 Å². The average molecular weight is 292 g/mol. The zero-order valence-corrected chi connectivity index (χ0v) is 13.3. The fraction of sp³-hybridized carbons (Fsp3) is 0.300. The van der Waals surface area contributed by atoms with Crippen LogP contribution in [-0.2, 0) is 0 Å². The van der Waals surface area contributed by atoms with Gasteiger partial charge in [-0.1, -0.05) is 60.7 Å². The van der Waals surface area contributed by atoms with Crippen LogP contribution in [0.1, 0.15) is 12.5 Å². The Morgan fingerprint density at radius 3 is 2.27 bits per heavy atom. The fourth-order valence-electron chi connectivity index (χ4n) is 2.83. The summed E-state index contributed by atoms with van der Waals surface area (Å²) in [6.07, 6.45) is 2.35. The number of hydrogen-bond donors (Lipinski definition) is 1. The first-order valence-corrected chi connectivity index (χ1v) is 8.08. The van der Waals surface area contributed by atoms with Crippen molar-refractivity contribution in [3.8, 4) is 11.1 Å². The van der Waals surface area contributed by atoms with Crippen molar-refractivity contribution in [2.45, 2.75) is 6.92 Å². The van der Waals surface area contributed by atoms with Gasteiger partial charge < -0.3 is 5.32 Å². The molecule has 2 heteroatoms.